The van der Waals surface area contributed by atoms with E-state index in [1.165, 1.54) is 0 Å². The second-order valence-corrected chi connectivity index (χ2v) is 1.06. The van der Waals surface area contributed by atoms with Crippen LogP contribution >= 0.6 is 0 Å². The molecule has 0 radical (unpaired) electrons. The molecule has 0 aliphatic heterocycles. The van der Waals surface area contributed by atoms with Crippen LogP contribution in [0.2, 0.25) is 0 Å². The van der Waals surface area contributed by atoms with Gasteiger partial charge in [0, 0.05) is 0 Å². The molecule has 7 heavy (non-hydrogen) atoms. The molecule has 0 aliphatic carbocycles. The lowest BCUT2D eigenvalue weighted by Gasteiger charge is -1.78. The quantitative estimate of drug-likeness (QED) is 0.465. The Morgan fingerprint density at radius 3 is 2.57 bits per heavy atom. The summed E-state index contributed by atoms with van der Waals surface area (Å²) >= 11 is 0. The van der Waals surface area contributed by atoms with Gasteiger partial charge in [-0.3, -0.25) is 0 Å². The molecule has 0 bridgehead atoms. The molecule has 1 aromatic rings. The van der Waals surface area contributed by atoms with Gasteiger partial charge in [0.25, 0.3) is 0 Å². The van der Waals surface area contributed by atoms with Crippen LogP contribution in [0.1, 0.15) is 4.11 Å². The van der Waals surface area contributed by atoms with Crippen LogP contribution in [0, 0.1) is 5.82 Å². The molecule has 1 heteroatoms. The molecular weight excluding hydrogens is 91.1 g/mol. The molecule has 36 valence electrons. The number of rotatable bonds is 0. The summed E-state index contributed by atoms with van der Waals surface area (Å²) in [5.74, 6) is -0.865. The van der Waals surface area contributed by atoms with Crippen molar-refractivity contribution in [3.63, 3.8) is 0 Å². The standard InChI is InChI=1S/C6H5F/c7-6-4-2-1-3-5-6/h1-5H/i1D,4D,5D. The summed E-state index contributed by atoms with van der Waals surface area (Å²) in [4.78, 5) is 0. The van der Waals surface area contributed by atoms with Crippen LogP contribution in [-0.4, -0.2) is 0 Å². The molecule has 1 aromatic carbocycles. The fourth-order valence-electron chi connectivity index (χ4n) is 0.293. The minimum atomic E-state index is -0.865. The minimum Gasteiger partial charge on any atom is -0.207 e. The first kappa shape index (κ1) is 1.95. The van der Waals surface area contributed by atoms with Crippen LogP contribution in [0.25, 0.3) is 0 Å². The van der Waals surface area contributed by atoms with Crippen molar-refractivity contribution in [2.24, 2.45) is 0 Å². The molecule has 0 saturated carbocycles. The SMILES string of the molecule is [2H]c1cc([2H])c(F)c([2H])c1. The van der Waals surface area contributed by atoms with Gasteiger partial charge in [0.1, 0.15) is 5.82 Å². The van der Waals surface area contributed by atoms with Crippen LogP contribution in [0.3, 0.4) is 0 Å². The molecule has 0 aliphatic rings. The largest absolute Gasteiger partial charge is 0.207 e. The van der Waals surface area contributed by atoms with Crippen molar-refractivity contribution in [1.29, 1.82) is 0 Å². The molecule has 0 atom stereocenters. The number of hydrogen-bond donors (Lipinski definition) is 0. The lowest BCUT2D eigenvalue weighted by molar-refractivity contribution is 0.628. The number of benzene rings is 1. The molecule has 0 N–H and O–H groups in total. The van der Waals surface area contributed by atoms with Crippen LogP contribution in [-0.2, 0) is 0 Å². The molecule has 0 fully saturated rings. The van der Waals surface area contributed by atoms with Gasteiger partial charge in [0.2, 0.25) is 0 Å². The Bertz CT molecular complexity index is 236. The van der Waals surface area contributed by atoms with E-state index in [0.29, 0.717) is 0 Å². The smallest absolute Gasteiger partial charge is 0.123 e. The second kappa shape index (κ2) is 1.73. The minimum absolute atomic E-state index is 0.00333. The maximum atomic E-state index is 12.5. The lowest BCUT2D eigenvalue weighted by Crippen LogP contribution is -1.63. The molecule has 1 rings (SSSR count). The molecule has 0 aromatic heterocycles. The fourth-order valence-corrected chi connectivity index (χ4v) is 0.293. The van der Waals surface area contributed by atoms with Gasteiger partial charge in [-0.1, -0.05) is 18.2 Å². The highest BCUT2D eigenvalue weighted by Gasteiger charge is 1.77. The van der Waals surface area contributed by atoms with Crippen molar-refractivity contribution in [1.82, 2.24) is 0 Å². The summed E-state index contributed by atoms with van der Waals surface area (Å²) < 4.78 is 33.2. The van der Waals surface area contributed by atoms with Crippen molar-refractivity contribution in [2.75, 3.05) is 0 Å². The van der Waals surface area contributed by atoms with E-state index < -0.39 is 17.9 Å². The summed E-state index contributed by atoms with van der Waals surface area (Å²) in [6.07, 6.45) is 0. The second-order valence-electron chi connectivity index (χ2n) is 1.06. The first-order chi connectivity index (χ1) is 4.61. The Labute approximate surface area is 45.8 Å². The predicted octanol–water partition coefficient (Wildman–Crippen LogP) is 1.83. The van der Waals surface area contributed by atoms with Crippen molar-refractivity contribution < 1.29 is 8.50 Å². The van der Waals surface area contributed by atoms with Crippen LogP contribution in [0.4, 0.5) is 4.39 Å². The molecule has 0 heterocycles. The zero-order chi connectivity index (χ0) is 7.72. The molecule has 0 amide bonds. The molecule has 0 unspecified atom stereocenters. The van der Waals surface area contributed by atoms with Crippen LogP contribution in [0.15, 0.2) is 30.3 Å². The van der Waals surface area contributed by atoms with Crippen LogP contribution < -0.4 is 0 Å². The van der Waals surface area contributed by atoms with Gasteiger partial charge in [-0.25, -0.2) is 4.39 Å². The van der Waals surface area contributed by atoms with Gasteiger partial charge in [-0.15, -0.1) is 0 Å². The first-order valence-electron chi connectivity index (χ1n) is 3.34. The van der Waals surface area contributed by atoms with E-state index in [1.807, 2.05) is 0 Å². The summed E-state index contributed by atoms with van der Waals surface area (Å²) in [7, 11) is 0. The van der Waals surface area contributed by atoms with E-state index >= 15 is 0 Å². The van der Waals surface area contributed by atoms with Crippen molar-refractivity contribution in [3.8, 4) is 0 Å². The van der Waals surface area contributed by atoms with Crippen LogP contribution in [0.5, 0.6) is 0 Å². The Kier molecular flexibility index (Phi) is 0.483. The molecule has 0 saturated heterocycles. The van der Waals surface area contributed by atoms with E-state index in [4.69, 9.17) is 4.11 Å². The van der Waals surface area contributed by atoms with Gasteiger partial charge < -0.3 is 0 Å². The van der Waals surface area contributed by atoms with E-state index in [0.717, 1.165) is 12.1 Å². The van der Waals surface area contributed by atoms with Crippen molar-refractivity contribution in [3.05, 3.63) is 36.1 Å². The Balaban J connectivity index is 3.31. The van der Waals surface area contributed by atoms with E-state index in [9.17, 15) is 4.39 Å². The summed E-state index contributed by atoms with van der Waals surface area (Å²) in [5.41, 5.74) is 0. The fraction of sp³-hybridized carbons (Fsp3) is 0. The van der Waals surface area contributed by atoms with E-state index in [2.05, 4.69) is 0 Å². The highest BCUT2D eigenvalue weighted by atomic mass is 19.1. The average Bonchev–Trinajstić information content (AvgIpc) is 1.82. The van der Waals surface area contributed by atoms with Crippen molar-refractivity contribution >= 4 is 0 Å². The maximum Gasteiger partial charge on any atom is 0.123 e. The Hall–Kier alpha value is -0.850. The summed E-state index contributed by atoms with van der Waals surface area (Å²) in [6.45, 7) is 0. The highest BCUT2D eigenvalue weighted by Crippen LogP contribution is 1.91. The van der Waals surface area contributed by atoms with Gasteiger partial charge >= 0.3 is 0 Å². The third-order valence-corrected chi connectivity index (χ3v) is 0.564. The van der Waals surface area contributed by atoms with E-state index in [-0.39, 0.29) is 6.04 Å². The van der Waals surface area contributed by atoms with Gasteiger partial charge in [0.05, 0.1) is 4.11 Å². The Morgan fingerprint density at radius 2 is 2.00 bits per heavy atom. The first-order valence-corrected chi connectivity index (χ1v) is 1.84. The number of hydrogen-bond acceptors (Lipinski definition) is 0. The molecule has 0 nitrogen and oxygen atoms in total. The zero-order valence-electron chi connectivity index (χ0n) is 6.53. The predicted molar refractivity (Wildman–Crippen MR) is 26.4 cm³/mol. The zero-order valence-corrected chi connectivity index (χ0v) is 3.53. The normalized spacial score (nSPS) is 14.7. The van der Waals surface area contributed by atoms with Crippen molar-refractivity contribution in [2.45, 2.75) is 0 Å². The van der Waals surface area contributed by atoms with E-state index in [1.54, 1.807) is 0 Å². The third kappa shape index (κ3) is 1.000. The van der Waals surface area contributed by atoms with Gasteiger partial charge in [-0.2, -0.15) is 0 Å². The Morgan fingerprint density at radius 1 is 1.43 bits per heavy atom. The maximum absolute atomic E-state index is 12.5. The average molecular weight is 99.1 g/mol. The van der Waals surface area contributed by atoms with Gasteiger partial charge in [-0.05, 0) is 12.1 Å². The number of halogens is 1. The monoisotopic (exact) mass is 99.1 g/mol. The van der Waals surface area contributed by atoms with Gasteiger partial charge in [0.15, 0.2) is 0 Å². The topological polar surface area (TPSA) is 0 Å². The summed E-state index contributed by atoms with van der Waals surface area (Å²) in [6, 6.07) is 1.34. The lowest BCUT2D eigenvalue weighted by atomic mass is 10.4. The molecular formula is C6H5F. The third-order valence-electron chi connectivity index (χ3n) is 0.564. The highest BCUT2D eigenvalue weighted by molar-refractivity contribution is 5.02. The molecule has 0 spiro atoms. The summed E-state index contributed by atoms with van der Waals surface area (Å²) in [5, 5.41) is 0.